The summed E-state index contributed by atoms with van der Waals surface area (Å²) in [6, 6.07) is 2.08. The van der Waals surface area contributed by atoms with Crippen molar-refractivity contribution in [1.82, 2.24) is 9.80 Å². The molecule has 0 aromatic rings. The number of aliphatic hydroxyl groups excluding tert-OH is 1. The summed E-state index contributed by atoms with van der Waals surface area (Å²) in [4.78, 5) is 5.18. The summed E-state index contributed by atoms with van der Waals surface area (Å²) in [5, 5.41) is 9.20. The van der Waals surface area contributed by atoms with Gasteiger partial charge in [-0.15, -0.1) is 0 Å². The van der Waals surface area contributed by atoms with Crippen molar-refractivity contribution in [3.8, 4) is 0 Å². The standard InChI is InChI=1S/C14H28N2O/c1-12-7-9-15(2)14(8-10-17)11-16(12)13-5-3-4-6-13/h12-14,17H,3-11H2,1-2H3. The van der Waals surface area contributed by atoms with E-state index in [4.69, 9.17) is 0 Å². The molecule has 2 aliphatic rings. The monoisotopic (exact) mass is 240 g/mol. The van der Waals surface area contributed by atoms with Crippen LogP contribution in [0.5, 0.6) is 0 Å². The molecule has 1 saturated carbocycles. The zero-order chi connectivity index (χ0) is 12.3. The molecule has 1 aliphatic carbocycles. The lowest BCUT2D eigenvalue weighted by Crippen LogP contribution is -2.45. The van der Waals surface area contributed by atoms with Gasteiger partial charge in [0.2, 0.25) is 0 Å². The fraction of sp³-hybridized carbons (Fsp3) is 1.00. The van der Waals surface area contributed by atoms with E-state index in [0.717, 1.165) is 19.0 Å². The van der Waals surface area contributed by atoms with Crippen molar-refractivity contribution in [1.29, 1.82) is 0 Å². The Morgan fingerprint density at radius 2 is 1.88 bits per heavy atom. The Labute approximate surface area is 106 Å². The molecule has 0 aromatic heterocycles. The molecule has 0 amide bonds. The van der Waals surface area contributed by atoms with Crippen LogP contribution in [0, 0.1) is 0 Å². The van der Waals surface area contributed by atoms with Crippen molar-refractivity contribution in [3.63, 3.8) is 0 Å². The summed E-state index contributed by atoms with van der Waals surface area (Å²) in [5.74, 6) is 0. The third-order valence-corrected chi connectivity index (χ3v) is 4.77. The predicted molar refractivity (Wildman–Crippen MR) is 71.2 cm³/mol. The number of hydrogen-bond acceptors (Lipinski definition) is 3. The minimum atomic E-state index is 0.321. The molecule has 17 heavy (non-hydrogen) atoms. The lowest BCUT2D eigenvalue weighted by molar-refractivity contribution is 0.116. The molecule has 3 nitrogen and oxygen atoms in total. The van der Waals surface area contributed by atoms with E-state index in [1.54, 1.807) is 0 Å². The molecule has 0 spiro atoms. The second-order valence-electron chi connectivity index (χ2n) is 5.92. The van der Waals surface area contributed by atoms with Gasteiger partial charge in [0.05, 0.1) is 0 Å². The molecule has 0 bridgehead atoms. The van der Waals surface area contributed by atoms with E-state index in [0.29, 0.717) is 18.7 Å². The van der Waals surface area contributed by atoms with Gasteiger partial charge in [0.25, 0.3) is 0 Å². The maximum atomic E-state index is 9.20. The van der Waals surface area contributed by atoms with Crippen LogP contribution in [0.15, 0.2) is 0 Å². The van der Waals surface area contributed by atoms with Crippen LogP contribution >= 0.6 is 0 Å². The first-order valence-corrected chi connectivity index (χ1v) is 7.29. The molecule has 1 heterocycles. The Kier molecular flexibility index (Phi) is 4.83. The Bertz CT molecular complexity index is 228. The fourth-order valence-corrected chi connectivity index (χ4v) is 3.51. The highest BCUT2D eigenvalue weighted by molar-refractivity contribution is 4.88. The zero-order valence-corrected chi connectivity index (χ0v) is 11.4. The Morgan fingerprint density at radius 3 is 2.53 bits per heavy atom. The third kappa shape index (κ3) is 3.21. The smallest absolute Gasteiger partial charge is 0.0446 e. The number of hydrogen-bond donors (Lipinski definition) is 1. The van der Waals surface area contributed by atoms with Crippen molar-refractivity contribution in [3.05, 3.63) is 0 Å². The summed E-state index contributed by atoms with van der Waals surface area (Å²) in [7, 11) is 2.21. The molecule has 2 atom stereocenters. The van der Waals surface area contributed by atoms with Gasteiger partial charge in [0, 0.05) is 31.3 Å². The first kappa shape index (κ1) is 13.3. The van der Waals surface area contributed by atoms with Crippen LogP contribution in [0.1, 0.15) is 45.4 Å². The van der Waals surface area contributed by atoms with E-state index in [-0.39, 0.29) is 0 Å². The van der Waals surface area contributed by atoms with Gasteiger partial charge in [-0.25, -0.2) is 0 Å². The van der Waals surface area contributed by atoms with Crippen LogP contribution in [0.4, 0.5) is 0 Å². The Morgan fingerprint density at radius 1 is 1.18 bits per heavy atom. The highest BCUT2D eigenvalue weighted by Gasteiger charge is 2.32. The number of likely N-dealkylation sites (N-methyl/N-ethyl adjacent to an activating group) is 1. The van der Waals surface area contributed by atoms with Crippen molar-refractivity contribution < 1.29 is 5.11 Å². The van der Waals surface area contributed by atoms with Gasteiger partial charge in [-0.2, -0.15) is 0 Å². The summed E-state index contributed by atoms with van der Waals surface area (Å²) in [5.41, 5.74) is 0. The second kappa shape index (κ2) is 6.17. The quantitative estimate of drug-likeness (QED) is 0.813. The van der Waals surface area contributed by atoms with Crippen LogP contribution in [-0.4, -0.2) is 59.8 Å². The fourth-order valence-electron chi connectivity index (χ4n) is 3.51. The van der Waals surface area contributed by atoms with Gasteiger partial charge in [0.1, 0.15) is 0 Å². The summed E-state index contributed by atoms with van der Waals surface area (Å²) in [6.45, 7) is 5.04. The minimum Gasteiger partial charge on any atom is -0.396 e. The van der Waals surface area contributed by atoms with E-state index in [2.05, 4.69) is 23.8 Å². The minimum absolute atomic E-state index is 0.321. The van der Waals surface area contributed by atoms with Crippen molar-refractivity contribution in [2.24, 2.45) is 0 Å². The van der Waals surface area contributed by atoms with E-state index in [1.165, 1.54) is 38.6 Å². The lowest BCUT2D eigenvalue weighted by atomic mass is 10.1. The maximum absolute atomic E-state index is 9.20. The molecule has 2 fully saturated rings. The maximum Gasteiger partial charge on any atom is 0.0446 e. The van der Waals surface area contributed by atoms with E-state index < -0.39 is 0 Å². The molecular formula is C14H28N2O. The topological polar surface area (TPSA) is 26.7 Å². The summed E-state index contributed by atoms with van der Waals surface area (Å²) in [6.07, 6.45) is 7.80. The summed E-state index contributed by atoms with van der Waals surface area (Å²) >= 11 is 0. The average molecular weight is 240 g/mol. The Hall–Kier alpha value is -0.120. The lowest BCUT2D eigenvalue weighted by Gasteiger charge is -2.35. The largest absolute Gasteiger partial charge is 0.396 e. The number of nitrogens with zero attached hydrogens (tertiary/aromatic N) is 2. The molecule has 0 aromatic carbocycles. The molecular weight excluding hydrogens is 212 g/mol. The van der Waals surface area contributed by atoms with Gasteiger partial charge in [-0.3, -0.25) is 4.90 Å². The van der Waals surface area contributed by atoms with Gasteiger partial charge >= 0.3 is 0 Å². The van der Waals surface area contributed by atoms with Crippen LogP contribution in [0.3, 0.4) is 0 Å². The van der Waals surface area contributed by atoms with Crippen LogP contribution in [-0.2, 0) is 0 Å². The predicted octanol–water partition coefficient (Wildman–Crippen LogP) is 1.71. The number of aliphatic hydroxyl groups is 1. The third-order valence-electron chi connectivity index (χ3n) is 4.77. The van der Waals surface area contributed by atoms with E-state index in [9.17, 15) is 5.11 Å². The van der Waals surface area contributed by atoms with Gasteiger partial charge in [0.15, 0.2) is 0 Å². The van der Waals surface area contributed by atoms with Crippen molar-refractivity contribution in [2.75, 3.05) is 26.7 Å². The Balaban J connectivity index is 2.01. The molecule has 1 N–H and O–H groups in total. The first-order chi connectivity index (χ1) is 8.22. The highest BCUT2D eigenvalue weighted by Crippen LogP contribution is 2.28. The van der Waals surface area contributed by atoms with Gasteiger partial charge in [-0.1, -0.05) is 12.8 Å². The zero-order valence-electron chi connectivity index (χ0n) is 11.4. The molecule has 100 valence electrons. The van der Waals surface area contributed by atoms with Gasteiger partial charge < -0.3 is 10.0 Å². The normalized spacial score (nSPS) is 34.1. The van der Waals surface area contributed by atoms with E-state index in [1.807, 2.05) is 0 Å². The molecule has 2 unspecified atom stereocenters. The van der Waals surface area contributed by atoms with Crippen LogP contribution in [0.25, 0.3) is 0 Å². The summed E-state index contributed by atoms with van der Waals surface area (Å²) < 4.78 is 0. The molecule has 1 aliphatic heterocycles. The average Bonchev–Trinajstić information content (AvgIpc) is 2.80. The molecule has 0 radical (unpaired) electrons. The SMILES string of the molecule is CC1CCN(C)C(CCO)CN1C1CCCC1. The van der Waals surface area contributed by atoms with Gasteiger partial charge in [-0.05, 0) is 46.2 Å². The molecule has 3 heteroatoms. The van der Waals surface area contributed by atoms with Crippen LogP contribution in [0.2, 0.25) is 0 Å². The van der Waals surface area contributed by atoms with Crippen LogP contribution < -0.4 is 0 Å². The first-order valence-electron chi connectivity index (χ1n) is 7.29. The molecule has 1 saturated heterocycles. The number of rotatable bonds is 3. The van der Waals surface area contributed by atoms with E-state index >= 15 is 0 Å². The second-order valence-corrected chi connectivity index (χ2v) is 5.92. The van der Waals surface area contributed by atoms with Crippen molar-refractivity contribution >= 4 is 0 Å². The highest BCUT2D eigenvalue weighted by atomic mass is 16.3. The molecule has 2 rings (SSSR count). The van der Waals surface area contributed by atoms with Crippen molar-refractivity contribution in [2.45, 2.75) is 63.6 Å².